The smallest absolute Gasteiger partial charge is 0.329 e. The van der Waals surface area contributed by atoms with E-state index in [1.165, 1.54) is 23.8 Å². The molecule has 3 N–H and O–H groups in total. The van der Waals surface area contributed by atoms with E-state index in [1.807, 2.05) is 0 Å². The van der Waals surface area contributed by atoms with Gasteiger partial charge in [0.25, 0.3) is 11.6 Å². The first-order valence-corrected chi connectivity index (χ1v) is 15.2. The molecule has 0 spiro atoms. The quantitative estimate of drug-likeness (QED) is 0.272. The standard InChI is InChI=1S/C32H41N3O8/c1-18(36)24-9-10-25-23-8-7-20-16-21(11-13-31(20,2)26(23)12-14-32(24,25)3)34-43-17-27(37)33-28(30(39)40)29(38)19-5-4-6-22(15-19)35(41)42/h4-6,15-16,23-26,28-29,38H,7-14,17H2,1-3H3,(H,33,37)(H,39,40)/b34-21+/t23-,24+,25-,26-,28+,29+,31-,32+/m0/s1. The third kappa shape index (κ3) is 5.71. The van der Waals surface area contributed by atoms with Gasteiger partial charge < -0.3 is 20.4 Å². The van der Waals surface area contributed by atoms with Crippen molar-refractivity contribution in [3.63, 3.8) is 0 Å². The zero-order chi connectivity index (χ0) is 31.1. The van der Waals surface area contributed by atoms with Crippen molar-refractivity contribution in [1.82, 2.24) is 5.32 Å². The lowest BCUT2D eigenvalue weighted by Crippen LogP contribution is -2.51. The molecule has 43 heavy (non-hydrogen) atoms. The Kier molecular flexibility index (Phi) is 8.48. The minimum atomic E-state index is -1.73. The first-order valence-electron chi connectivity index (χ1n) is 15.2. The molecule has 1 aromatic rings. The van der Waals surface area contributed by atoms with Gasteiger partial charge in [0.15, 0.2) is 12.6 Å². The Bertz CT molecular complexity index is 1370. The van der Waals surface area contributed by atoms with Gasteiger partial charge in [-0.2, -0.15) is 0 Å². The van der Waals surface area contributed by atoms with Crippen molar-refractivity contribution < 1.29 is 34.4 Å². The predicted octanol–water partition coefficient (Wildman–Crippen LogP) is 4.74. The molecule has 5 rings (SSSR count). The highest BCUT2D eigenvalue weighted by molar-refractivity contribution is 5.96. The molecule has 1 aromatic carbocycles. The number of rotatable bonds is 9. The number of hydrogen-bond donors (Lipinski definition) is 3. The van der Waals surface area contributed by atoms with Gasteiger partial charge in [-0.15, -0.1) is 0 Å². The summed E-state index contributed by atoms with van der Waals surface area (Å²) in [6.07, 6.45) is 8.50. The van der Waals surface area contributed by atoms with Crippen molar-refractivity contribution in [3.05, 3.63) is 51.6 Å². The number of nitro groups is 1. The van der Waals surface area contributed by atoms with Gasteiger partial charge in [0.2, 0.25) is 0 Å². The third-order valence-electron chi connectivity index (χ3n) is 11.2. The molecular formula is C32H41N3O8. The Morgan fingerprint density at radius 2 is 1.91 bits per heavy atom. The number of non-ortho nitro benzene ring substituents is 1. The van der Waals surface area contributed by atoms with Gasteiger partial charge in [-0.1, -0.05) is 36.7 Å². The molecule has 232 valence electrons. The summed E-state index contributed by atoms with van der Waals surface area (Å²) in [5.74, 6) is 0.0504. The van der Waals surface area contributed by atoms with Gasteiger partial charge in [-0.25, -0.2) is 4.79 Å². The molecule has 4 aliphatic rings. The maximum atomic E-state index is 12.5. The molecule has 0 heterocycles. The first-order chi connectivity index (χ1) is 20.3. The average Bonchev–Trinajstić information content (AvgIpc) is 3.33. The first kappa shape index (κ1) is 30.8. The highest BCUT2D eigenvalue weighted by Gasteiger charge is 2.59. The molecule has 3 fully saturated rings. The van der Waals surface area contributed by atoms with E-state index in [9.17, 15) is 34.7 Å². The van der Waals surface area contributed by atoms with Crippen LogP contribution in [0.1, 0.15) is 83.8 Å². The highest BCUT2D eigenvalue weighted by Crippen LogP contribution is 2.66. The third-order valence-corrected chi connectivity index (χ3v) is 11.2. The molecule has 11 nitrogen and oxygen atoms in total. The van der Waals surface area contributed by atoms with Gasteiger partial charge in [-0.3, -0.25) is 19.7 Å². The van der Waals surface area contributed by atoms with Crippen molar-refractivity contribution in [2.75, 3.05) is 6.61 Å². The van der Waals surface area contributed by atoms with E-state index in [-0.39, 0.29) is 28.0 Å². The number of Topliss-reactive ketones (excluding diaryl/α,β-unsaturated/α-hetero) is 1. The lowest BCUT2D eigenvalue weighted by Gasteiger charge is -2.58. The monoisotopic (exact) mass is 595 g/mol. The molecule has 0 bridgehead atoms. The number of carboxylic acid groups (broad SMARTS) is 1. The van der Waals surface area contributed by atoms with Crippen LogP contribution in [0.2, 0.25) is 0 Å². The molecule has 8 atom stereocenters. The number of aliphatic hydroxyl groups excluding tert-OH is 1. The summed E-state index contributed by atoms with van der Waals surface area (Å²) < 4.78 is 0. The Labute approximate surface area is 250 Å². The van der Waals surface area contributed by atoms with Crippen LogP contribution in [0.4, 0.5) is 5.69 Å². The number of carbonyl (C=O) groups excluding carboxylic acids is 2. The van der Waals surface area contributed by atoms with Crippen LogP contribution >= 0.6 is 0 Å². The Morgan fingerprint density at radius 1 is 1.14 bits per heavy atom. The Hall–Kier alpha value is -3.60. The topological polar surface area (TPSA) is 168 Å². The second kappa shape index (κ2) is 11.8. The second-order valence-electron chi connectivity index (χ2n) is 13.3. The van der Waals surface area contributed by atoms with Crippen LogP contribution in [0.25, 0.3) is 0 Å². The molecule has 0 unspecified atom stereocenters. The number of carbonyl (C=O) groups is 3. The molecule has 0 aromatic heterocycles. The minimum Gasteiger partial charge on any atom is -0.480 e. The number of oxime groups is 1. The van der Waals surface area contributed by atoms with Gasteiger partial charge in [0, 0.05) is 18.1 Å². The fraction of sp³-hybridized carbons (Fsp3) is 0.625. The molecule has 3 saturated carbocycles. The number of carboxylic acids is 1. The number of benzene rings is 1. The van der Waals surface area contributed by atoms with Crippen molar-refractivity contribution in [1.29, 1.82) is 0 Å². The van der Waals surface area contributed by atoms with Gasteiger partial charge in [-0.05, 0) is 98.5 Å². The number of nitro benzene ring substituents is 1. The van der Waals surface area contributed by atoms with Gasteiger partial charge >= 0.3 is 5.97 Å². The van der Waals surface area contributed by atoms with Crippen LogP contribution in [0.3, 0.4) is 0 Å². The van der Waals surface area contributed by atoms with Crippen LogP contribution in [-0.2, 0) is 19.2 Å². The minimum absolute atomic E-state index is 0.0103. The number of ketones is 1. The maximum Gasteiger partial charge on any atom is 0.329 e. The number of allylic oxidation sites excluding steroid dienone is 2. The molecular weight excluding hydrogens is 554 g/mol. The van der Waals surface area contributed by atoms with E-state index in [0.717, 1.165) is 56.7 Å². The summed E-state index contributed by atoms with van der Waals surface area (Å²) >= 11 is 0. The van der Waals surface area contributed by atoms with Crippen LogP contribution in [0, 0.1) is 44.6 Å². The maximum absolute atomic E-state index is 12.5. The predicted molar refractivity (Wildman–Crippen MR) is 157 cm³/mol. The van der Waals surface area contributed by atoms with Crippen LogP contribution in [0.5, 0.6) is 0 Å². The summed E-state index contributed by atoms with van der Waals surface area (Å²) in [7, 11) is 0. The van der Waals surface area contributed by atoms with Crippen LogP contribution in [0.15, 0.2) is 41.1 Å². The Morgan fingerprint density at radius 3 is 2.60 bits per heavy atom. The number of aliphatic carboxylic acids is 1. The number of amides is 1. The zero-order valence-corrected chi connectivity index (χ0v) is 25.0. The summed E-state index contributed by atoms with van der Waals surface area (Å²) in [6.45, 7) is 5.94. The van der Waals surface area contributed by atoms with E-state index < -0.39 is 35.6 Å². The van der Waals surface area contributed by atoms with Crippen LogP contribution in [-0.4, -0.2) is 51.2 Å². The van der Waals surface area contributed by atoms with E-state index in [0.29, 0.717) is 30.0 Å². The van der Waals surface area contributed by atoms with Gasteiger partial charge in [0.05, 0.1) is 10.6 Å². The second-order valence-corrected chi connectivity index (χ2v) is 13.3. The van der Waals surface area contributed by atoms with Crippen molar-refractivity contribution in [2.24, 2.45) is 39.7 Å². The van der Waals surface area contributed by atoms with E-state index in [2.05, 4.69) is 30.4 Å². The lowest BCUT2D eigenvalue weighted by atomic mass is 9.46. The molecule has 4 aliphatic carbocycles. The van der Waals surface area contributed by atoms with Gasteiger partial charge in [0.1, 0.15) is 11.9 Å². The van der Waals surface area contributed by atoms with Crippen molar-refractivity contribution >= 4 is 29.1 Å². The summed E-state index contributed by atoms with van der Waals surface area (Å²) in [5.41, 5.74) is 1.98. The highest BCUT2D eigenvalue weighted by atomic mass is 16.6. The number of nitrogens with one attached hydrogen (secondary N) is 1. The van der Waals surface area contributed by atoms with Crippen LogP contribution < -0.4 is 5.32 Å². The summed E-state index contributed by atoms with van der Waals surface area (Å²) in [5, 5.41) is 37.6. The fourth-order valence-corrected chi connectivity index (χ4v) is 8.99. The SMILES string of the molecule is CC(=O)[C@H]1CC[C@H]2[C@@H]3CCC4=C/C(=N/OCC(=O)N[C@@H](C(=O)O)[C@H](O)c5cccc([N+](=O)[O-])c5)CC[C@]4(C)[C@H]3CC[C@]12C. The van der Waals surface area contributed by atoms with Crippen molar-refractivity contribution in [3.8, 4) is 0 Å². The average molecular weight is 596 g/mol. The largest absolute Gasteiger partial charge is 0.480 e. The zero-order valence-electron chi connectivity index (χ0n) is 25.0. The molecule has 11 heteroatoms. The Balaban J connectivity index is 1.20. The number of hydrogen-bond acceptors (Lipinski definition) is 8. The molecule has 0 saturated heterocycles. The van der Waals surface area contributed by atoms with E-state index in [4.69, 9.17) is 4.84 Å². The number of aliphatic hydroxyl groups is 1. The molecule has 0 aliphatic heterocycles. The van der Waals surface area contributed by atoms with Crippen molar-refractivity contribution in [2.45, 2.75) is 84.3 Å². The number of fused-ring (bicyclic) bond motifs is 5. The summed E-state index contributed by atoms with van der Waals surface area (Å²) in [4.78, 5) is 52.4. The summed E-state index contributed by atoms with van der Waals surface area (Å²) in [6, 6.07) is 3.23. The van der Waals surface area contributed by atoms with E-state index in [1.54, 1.807) is 6.92 Å². The molecule has 1 amide bonds. The molecule has 0 radical (unpaired) electrons. The number of nitrogens with zero attached hydrogens (tertiary/aromatic N) is 2. The lowest BCUT2D eigenvalue weighted by molar-refractivity contribution is -0.385. The van der Waals surface area contributed by atoms with E-state index >= 15 is 0 Å². The fourth-order valence-electron chi connectivity index (χ4n) is 8.99. The normalized spacial score (nSPS) is 33.7.